The molecule has 2 N–H and O–H groups in total. The molecule has 2 heterocycles. The SMILES string of the molecule is CCOc1ccc(C2NC3=C(C=C2C)CCC(CC)(CCO)C/C=C\3C)c(CC)n1. The summed E-state index contributed by atoms with van der Waals surface area (Å²) in [5.41, 5.74) is 7.84. The molecule has 1 aromatic heterocycles. The molecule has 0 fully saturated rings. The number of nitrogens with one attached hydrogen (secondary N) is 1. The van der Waals surface area contributed by atoms with Crippen molar-refractivity contribution < 1.29 is 9.84 Å². The summed E-state index contributed by atoms with van der Waals surface area (Å²) in [5.74, 6) is 0.706. The molecule has 1 aromatic rings. The van der Waals surface area contributed by atoms with E-state index in [-0.39, 0.29) is 18.1 Å². The van der Waals surface area contributed by atoms with Gasteiger partial charge in [-0.1, -0.05) is 32.4 Å². The van der Waals surface area contributed by atoms with Gasteiger partial charge in [-0.05, 0) is 81.1 Å². The molecule has 0 amide bonds. The number of aromatic nitrogens is 1. The van der Waals surface area contributed by atoms with Gasteiger partial charge in [0.15, 0.2) is 0 Å². The van der Waals surface area contributed by atoms with Crippen LogP contribution >= 0.6 is 0 Å². The highest BCUT2D eigenvalue weighted by atomic mass is 16.5. The summed E-state index contributed by atoms with van der Waals surface area (Å²) >= 11 is 0. The van der Waals surface area contributed by atoms with Crippen molar-refractivity contribution in [2.24, 2.45) is 5.41 Å². The molecule has 2 atom stereocenters. The summed E-state index contributed by atoms with van der Waals surface area (Å²) < 4.78 is 5.62. The lowest BCUT2D eigenvalue weighted by molar-refractivity contribution is 0.163. The molecule has 0 aromatic carbocycles. The Morgan fingerprint density at radius 2 is 2.03 bits per heavy atom. The smallest absolute Gasteiger partial charge is 0.213 e. The van der Waals surface area contributed by atoms with E-state index in [0.29, 0.717) is 12.5 Å². The maximum Gasteiger partial charge on any atom is 0.213 e. The zero-order valence-electron chi connectivity index (χ0n) is 19.3. The molecule has 30 heavy (non-hydrogen) atoms. The van der Waals surface area contributed by atoms with Crippen molar-refractivity contribution in [1.82, 2.24) is 10.3 Å². The van der Waals surface area contributed by atoms with E-state index in [1.165, 1.54) is 28.0 Å². The number of pyridine rings is 1. The lowest BCUT2D eigenvalue weighted by Gasteiger charge is -2.37. The third kappa shape index (κ3) is 4.64. The number of nitrogens with zero attached hydrogens (tertiary/aromatic N) is 1. The number of allylic oxidation sites excluding steroid dienone is 4. The van der Waals surface area contributed by atoms with E-state index in [0.717, 1.165) is 44.2 Å². The molecule has 0 radical (unpaired) electrons. The molecular weight excluding hydrogens is 372 g/mol. The van der Waals surface area contributed by atoms with Crippen LogP contribution in [0.5, 0.6) is 5.88 Å². The van der Waals surface area contributed by atoms with Gasteiger partial charge < -0.3 is 15.2 Å². The van der Waals surface area contributed by atoms with Gasteiger partial charge in [0.25, 0.3) is 0 Å². The molecule has 2 aliphatic rings. The van der Waals surface area contributed by atoms with E-state index in [1.54, 1.807) is 0 Å². The first kappa shape index (κ1) is 22.6. The Morgan fingerprint density at radius 1 is 1.23 bits per heavy atom. The van der Waals surface area contributed by atoms with Crippen LogP contribution in [0.3, 0.4) is 0 Å². The zero-order chi connectivity index (χ0) is 21.7. The second-order valence-corrected chi connectivity index (χ2v) is 8.76. The minimum Gasteiger partial charge on any atom is -0.478 e. The molecule has 0 saturated heterocycles. The zero-order valence-corrected chi connectivity index (χ0v) is 19.3. The molecule has 4 nitrogen and oxygen atoms in total. The van der Waals surface area contributed by atoms with Crippen molar-refractivity contribution >= 4 is 0 Å². The Hall–Kier alpha value is -2.07. The van der Waals surface area contributed by atoms with Crippen LogP contribution in [0.1, 0.15) is 84.0 Å². The van der Waals surface area contributed by atoms with Crippen molar-refractivity contribution in [3.63, 3.8) is 0 Å². The van der Waals surface area contributed by atoms with Gasteiger partial charge in [0.2, 0.25) is 5.88 Å². The molecule has 0 saturated carbocycles. The van der Waals surface area contributed by atoms with Gasteiger partial charge in [0.05, 0.1) is 12.6 Å². The fourth-order valence-corrected chi connectivity index (χ4v) is 4.87. The highest BCUT2D eigenvalue weighted by Crippen LogP contribution is 2.43. The first-order valence-corrected chi connectivity index (χ1v) is 11.5. The molecule has 1 aliphatic heterocycles. The van der Waals surface area contributed by atoms with Gasteiger partial charge in [-0.3, -0.25) is 0 Å². The van der Waals surface area contributed by atoms with Gasteiger partial charge in [-0.2, -0.15) is 0 Å². The van der Waals surface area contributed by atoms with Gasteiger partial charge in [-0.25, -0.2) is 4.98 Å². The standard InChI is InChI=1S/C26H38N2O2/c1-6-22-21(9-10-23(27-22)30-8-3)25-19(5)17-20-12-14-26(7-2,15-16-29)13-11-18(4)24(20)28-25/h9-11,17,25,28-29H,6-8,12-16H2,1-5H3/b18-11-. The van der Waals surface area contributed by atoms with E-state index < -0.39 is 0 Å². The third-order valence-electron chi connectivity index (χ3n) is 6.94. The van der Waals surface area contributed by atoms with Crippen LogP contribution in [-0.2, 0) is 6.42 Å². The maximum atomic E-state index is 9.61. The second-order valence-electron chi connectivity index (χ2n) is 8.76. The van der Waals surface area contributed by atoms with Crippen LogP contribution in [0, 0.1) is 5.41 Å². The van der Waals surface area contributed by atoms with Crippen molar-refractivity contribution in [1.29, 1.82) is 0 Å². The third-order valence-corrected chi connectivity index (χ3v) is 6.94. The van der Waals surface area contributed by atoms with Gasteiger partial charge in [0.1, 0.15) is 0 Å². The summed E-state index contributed by atoms with van der Waals surface area (Å²) in [7, 11) is 0. The van der Waals surface area contributed by atoms with Gasteiger partial charge >= 0.3 is 0 Å². The maximum absolute atomic E-state index is 9.61. The van der Waals surface area contributed by atoms with Crippen LogP contribution in [-0.4, -0.2) is 23.3 Å². The molecule has 164 valence electrons. The molecule has 3 rings (SSSR count). The van der Waals surface area contributed by atoms with Crippen LogP contribution < -0.4 is 10.1 Å². The minimum atomic E-state index is 0.137. The average molecular weight is 411 g/mol. The Balaban J connectivity index is 1.91. The lowest BCUT2D eigenvalue weighted by atomic mass is 9.72. The van der Waals surface area contributed by atoms with E-state index in [2.05, 4.69) is 51.2 Å². The topological polar surface area (TPSA) is 54.4 Å². The molecule has 2 unspecified atom stereocenters. The number of aliphatic hydroxyl groups excluding tert-OH is 1. The first-order valence-electron chi connectivity index (χ1n) is 11.5. The number of ether oxygens (including phenoxy) is 1. The molecular formula is C26H38N2O2. The summed E-state index contributed by atoms with van der Waals surface area (Å²) in [6, 6.07) is 4.29. The monoisotopic (exact) mass is 410 g/mol. The predicted molar refractivity (Wildman–Crippen MR) is 123 cm³/mol. The number of dihydropyridines is 1. The van der Waals surface area contributed by atoms with Crippen molar-refractivity contribution in [2.45, 2.75) is 79.2 Å². The van der Waals surface area contributed by atoms with E-state index in [9.17, 15) is 5.11 Å². The van der Waals surface area contributed by atoms with E-state index in [1.807, 2.05) is 13.0 Å². The van der Waals surface area contributed by atoms with Crippen molar-refractivity contribution in [2.75, 3.05) is 13.2 Å². The van der Waals surface area contributed by atoms with Crippen LogP contribution in [0.2, 0.25) is 0 Å². The summed E-state index contributed by atoms with van der Waals surface area (Å²) in [4.78, 5) is 4.75. The number of hydrogen-bond donors (Lipinski definition) is 2. The molecule has 0 bridgehead atoms. The van der Waals surface area contributed by atoms with Gasteiger partial charge in [-0.15, -0.1) is 0 Å². The first-order chi connectivity index (χ1) is 14.5. The lowest BCUT2D eigenvalue weighted by Crippen LogP contribution is -2.30. The fraction of sp³-hybridized carbons (Fsp3) is 0.577. The summed E-state index contributed by atoms with van der Waals surface area (Å²) in [5, 5.41) is 13.5. The average Bonchev–Trinajstić information content (AvgIpc) is 2.75. The van der Waals surface area contributed by atoms with Crippen molar-refractivity contribution in [3.8, 4) is 5.88 Å². The molecule has 4 heteroatoms. The van der Waals surface area contributed by atoms with Crippen LogP contribution in [0.15, 0.2) is 46.7 Å². The fourth-order valence-electron chi connectivity index (χ4n) is 4.87. The number of hydrogen-bond acceptors (Lipinski definition) is 4. The Bertz CT molecular complexity index is 853. The molecule has 0 spiro atoms. The highest BCUT2D eigenvalue weighted by Gasteiger charge is 2.31. The normalized spacial score (nSPS) is 26.0. The summed E-state index contributed by atoms with van der Waals surface area (Å²) in [6.07, 6.45) is 10.8. The quantitative estimate of drug-likeness (QED) is 0.597. The number of aliphatic hydroxyl groups is 1. The van der Waals surface area contributed by atoms with Crippen LogP contribution in [0.25, 0.3) is 0 Å². The Labute approximate surface area is 182 Å². The van der Waals surface area contributed by atoms with E-state index in [4.69, 9.17) is 9.72 Å². The Kier molecular flexibility index (Phi) is 7.41. The van der Waals surface area contributed by atoms with E-state index >= 15 is 0 Å². The van der Waals surface area contributed by atoms with Gasteiger partial charge in [0, 0.05) is 29.6 Å². The summed E-state index contributed by atoms with van der Waals surface area (Å²) in [6.45, 7) is 11.7. The highest BCUT2D eigenvalue weighted by molar-refractivity contribution is 5.48. The predicted octanol–water partition coefficient (Wildman–Crippen LogP) is 5.80. The molecule has 1 aliphatic carbocycles. The largest absolute Gasteiger partial charge is 0.478 e. The number of aryl methyl sites for hydroxylation is 1. The van der Waals surface area contributed by atoms with Crippen molar-refractivity contribution in [3.05, 3.63) is 58.0 Å². The van der Waals surface area contributed by atoms with Crippen LogP contribution in [0.4, 0.5) is 0 Å². The minimum absolute atomic E-state index is 0.137. The second kappa shape index (κ2) is 9.82. The number of rotatable bonds is 7. The Morgan fingerprint density at radius 3 is 2.70 bits per heavy atom.